The Morgan fingerprint density at radius 2 is 1.81 bits per heavy atom. The molecular formula is C19H19N3O5. The molecule has 27 heavy (non-hydrogen) atoms. The van der Waals surface area contributed by atoms with Crippen LogP contribution in [0.15, 0.2) is 47.6 Å². The lowest BCUT2D eigenvalue weighted by Crippen LogP contribution is -2.40. The number of ether oxygens (including phenoxy) is 2. The summed E-state index contributed by atoms with van der Waals surface area (Å²) in [6.07, 6.45) is 1.23. The van der Waals surface area contributed by atoms with E-state index < -0.39 is 17.5 Å². The Kier molecular flexibility index (Phi) is 4.72. The average Bonchev–Trinajstić information content (AvgIpc) is 2.90. The number of para-hydroxylation sites is 1. The summed E-state index contributed by atoms with van der Waals surface area (Å²) in [6.45, 7) is 1.60. The minimum absolute atomic E-state index is 0.131. The van der Waals surface area contributed by atoms with Crippen LogP contribution in [0.3, 0.4) is 0 Å². The van der Waals surface area contributed by atoms with E-state index in [-0.39, 0.29) is 11.5 Å². The topological polar surface area (TPSA) is 100 Å². The number of aromatic hydroxyl groups is 1. The number of benzene rings is 2. The molecule has 0 radical (unpaired) electrons. The molecule has 2 aromatic rings. The van der Waals surface area contributed by atoms with Crippen molar-refractivity contribution in [3.63, 3.8) is 0 Å². The maximum absolute atomic E-state index is 12.8. The molecular weight excluding hydrogens is 350 g/mol. The maximum atomic E-state index is 12.8. The highest BCUT2D eigenvalue weighted by atomic mass is 16.5. The fourth-order valence-electron chi connectivity index (χ4n) is 2.78. The molecule has 0 aliphatic carbocycles. The summed E-state index contributed by atoms with van der Waals surface area (Å²) >= 11 is 0. The van der Waals surface area contributed by atoms with Gasteiger partial charge in [-0.15, -0.1) is 5.01 Å². The number of rotatable bonds is 5. The smallest absolute Gasteiger partial charge is 0.346 e. The number of hydrogen-bond donors (Lipinski definition) is 2. The Balaban J connectivity index is 1.87. The first-order valence-corrected chi connectivity index (χ1v) is 8.12. The number of hydrogen-bond acceptors (Lipinski definition) is 6. The van der Waals surface area contributed by atoms with Crippen LogP contribution >= 0.6 is 0 Å². The summed E-state index contributed by atoms with van der Waals surface area (Å²) in [5, 5.41) is 17.4. The van der Waals surface area contributed by atoms with E-state index in [2.05, 4.69) is 10.4 Å². The summed E-state index contributed by atoms with van der Waals surface area (Å²) in [5.74, 6) is 0.242. The second-order valence-electron chi connectivity index (χ2n) is 6.04. The van der Waals surface area contributed by atoms with E-state index in [0.717, 1.165) is 5.01 Å². The van der Waals surface area contributed by atoms with Gasteiger partial charge in [0.2, 0.25) is 0 Å². The Morgan fingerprint density at radius 3 is 2.44 bits per heavy atom. The molecule has 3 amide bonds. The van der Waals surface area contributed by atoms with Gasteiger partial charge in [0.25, 0.3) is 5.91 Å². The van der Waals surface area contributed by atoms with Crippen LogP contribution in [0, 0.1) is 0 Å². The molecule has 1 fully saturated rings. The minimum Gasteiger partial charge on any atom is -0.504 e. The summed E-state index contributed by atoms with van der Waals surface area (Å²) < 4.78 is 10.1. The van der Waals surface area contributed by atoms with Crippen LogP contribution in [0.1, 0.15) is 18.1 Å². The van der Waals surface area contributed by atoms with Crippen molar-refractivity contribution in [2.45, 2.75) is 12.5 Å². The second kappa shape index (κ2) is 6.99. The Morgan fingerprint density at radius 1 is 1.11 bits per heavy atom. The molecule has 0 spiro atoms. The molecule has 1 saturated heterocycles. The molecule has 0 unspecified atom stereocenters. The summed E-state index contributed by atoms with van der Waals surface area (Å²) in [6, 6.07) is 11.0. The van der Waals surface area contributed by atoms with Crippen LogP contribution in [-0.4, -0.2) is 42.5 Å². The Hall–Kier alpha value is -3.55. The van der Waals surface area contributed by atoms with Gasteiger partial charge in [-0.05, 0) is 36.8 Å². The lowest BCUT2D eigenvalue weighted by atomic mass is 9.92. The monoisotopic (exact) mass is 369 g/mol. The van der Waals surface area contributed by atoms with Crippen molar-refractivity contribution in [2.75, 3.05) is 14.2 Å². The zero-order valence-corrected chi connectivity index (χ0v) is 15.1. The van der Waals surface area contributed by atoms with Crippen LogP contribution < -0.4 is 14.8 Å². The highest BCUT2D eigenvalue weighted by molar-refractivity contribution is 6.07. The van der Waals surface area contributed by atoms with Gasteiger partial charge < -0.3 is 19.9 Å². The molecule has 1 aliphatic rings. The normalized spacial score (nSPS) is 19.4. The van der Waals surface area contributed by atoms with Crippen LogP contribution in [0.5, 0.6) is 17.2 Å². The molecule has 1 atom stereocenters. The van der Waals surface area contributed by atoms with E-state index in [1.165, 1.54) is 13.3 Å². The van der Waals surface area contributed by atoms with Crippen molar-refractivity contribution in [3.05, 3.63) is 53.6 Å². The molecule has 2 aromatic carbocycles. The molecule has 0 saturated carbocycles. The third kappa shape index (κ3) is 3.17. The van der Waals surface area contributed by atoms with E-state index in [9.17, 15) is 14.7 Å². The minimum atomic E-state index is -1.25. The zero-order chi connectivity index (χ0) is 19.6. The number of phenolic OH excluding ortho intramolecular Hbond substituents is 1. The first-order chi connectivity index (χ1) is 12.9. The summed E-state index contributed by atoms with van der Waals surface area (Å²) in [4.78, 5) is 25.1. The number of hydrazone groups is 1. The summed E-state index contributed by atoms with van der Waals surface area (Å²) in [5.41, 5.74) is -0.339. The van der Waals surface area contributed by atoms with Gasteiger partial charge in [0.05, 0.1) is 20.4 Å². The van der Waals surface area contributed by atoms with Crippen molar-refractivity contribution in [3.8, 4) is 17.2 Å². The average molecular weight is 369 g/mol. The Bertz CT molecular complexity index is 910. The SMILES string of the molecule is COc1ccc([C@]2(C)NC(=O)N(N=Cc3cccc(OC)c3O)C2=O)cc1. The number of imide groups is 1. The van der Waals surface area contributed by atoms with E-state index in [4.69, 9.17) is 9.47 Å². The largest absolute Gasteiger partial charge is 0.504 e. The molecule has 8 nitrogen and oxygen atoms in total. The predicted molar refractivity (Wildman–Crippen MR) is 98.0 cm³/mol. The highest BCUT2D eigenvalue weighted by Gasteiger charge is 2.49. The van der Waals surface area contributed by atoms with Crippen LogP contribution in [0.2, 0.25) is 0 Å². The van der Waals surface area contributed by atoms with Gasteiger partial charge in [-0.2, -0.15) is 5.10 Å². The summed E-state index contributed by atoms with van der Waals surface area (Å²) in [7, 11) is 2.97. The number of nitrogens with one attached hydrogen (secondary N) is 1. The van der Waals surface area contributed by atoms with Crippen molar-refractivity contribution in [1.82, 2.24) is 10.3 Å². The van der Waals surface area contributed by atoms with E-state index in [1.807, 2.05) is 0 Å². The molecule has 1 aliphatic heterocycles. The number of urea groups is 1. The molecule has 0 aromatic heterocycles. The number of amides is 3. The third-order valence-corrected chi connectivity index (χ3v) is 4.40. The van der Waals surface area contributed by atoms with Gasteiger partial charge in [0.1, 0.15) is 11.3 Å². The van der Waals surface area contributed by atoms with Gasteiger partial charge in [0.15, 0.2) is 11.5 Å². The molecule has 8 heteroatoms. The molecule has 2 N–H and O–H groups in total. The van der Waals surface area contributed by atoms with Gasteiger partial charge in [-0.1, -0.05) is 18.2 Å². The number of methoxy groups -OCH3 is 2. The van der Waals surface area contributed by atoms with E-state index in [0.29, 0.717) is 16.9 Å². The first kappa shape index (κ1) is 18.2. The third-order valence-electron chi connectivity index (χ3n) is 4.40. The maximum Gasteiger partial charge on any atom is 0.346 e. The lowest BCUT2D eigenvalue weighted by molar-refractivity contribution is -0.131. The fourth-order valence-corrected chi connectivity index (χ4v) is 2.78. The van der Waals surface area contributed by atoms with Crippen molar-refractivity contribution >= 4 is 18.2 Å². The van der Waals surface area contributed by atoms with E-state index >= 15 is 0 Å². The second-order valence-corrected chi connectivity index (χ2v) is 6.04. The Labute approximate surface area is 156 Å². The molecule has 0 bridgehead atoms. The standard InChI is InChI=1S/C19H19N3O5/c1-19(13-7-9-14(26-2)10-8-13)17(24)22(18(25)21-19)20-11-12-5-4-6-15(27-3)16(12)23/h4-11,23H,1-3H3,(H,21,25)/t19-/m0/s1. The van der Waals surface area contributed by atoms with Gasteiger partial charge in [0, 0.05) is 5.56 Å². The van der Waals surface area contributed by atoms with Crippen molar-refractivity contribution in [2.24, 2.45) is 5.10 Å². The van der Waals surface area contributed by atoms with Crippen LogP contribution in [0.25, 0.3) is 0 Å². The predicted octanol–water partition coefficient (Wildman–Crippen LogP) is 2.21. The van der Waals surface area contributed by atoms with Gasteiger partial charge >= 0.3 is 6.03 Å². The fraction of sp³-hybridized carbons (Fsp3) is 0.211. The zero-order valence-electron chi connectivity index (χ0n) is 15.1. The number of phenols is 1. The molecule has 3 rings (SSSR count). The van der Waals surface area contributed by atoms with E-state index in [1.54, 1.807) is 56.5 Å². The lowest BCUT2D eigenvalue weighted by Gasteiger charge is -2.21. The number of nitrogens with zero attached hydrogens (tertiary/aromatic N) is 2. The first-order valence-electron chi connectivity index (χ1n) is 8.12. The van der Waals surface area contributed by atoms with Gasteiger partial charge in [-0.3, -0.25) is 4.79 Å². The van der Waals surface area contributed by atoms with Crippen LogP contribution in [-0.2, 0) is 10.3 Å². The molecule has 140 valence electrons. The number of carbonyl (C=O) groups is 2. The van der Waals surface area contributed by atoms with Crippen molar-refractivity contribution < 1.29 is 24.2 Å². The van der Waals surface area contributed by atoms with Crippen LogP contribution in [0.4, 0.5) is 4.79 Å². The van der Waals surface area contributed by atoms with Crippen molar-refractivity contribution in [1.29, 1.82) is 0 Å². The highest BCUT2D eigenvalue weighted by Crippen LogP contribution is 2.31. The quantitative estimate of drug-likeness (QED) is 0.622. The van der Waals surface area contributed by atoms with Gasteiger partial charge in [-0.25, -0.2) is 4.79 Å². The number of carbonyl (C=O) groups excluding carboxylic acids is 2. The molecule has 1 heterocycles.